The van der Waals surface area contributed by atoms with Gasteiger partial charge in [-0.05, 0) is 41.0 Å². The fourth-order valence-electron chi connectivity index (χ4n) is 2.71. The van der Waals surface area contributed by atoms with Crippen LogP contribution in [0.5, 0.6) is 0 Å². The van der Waals surface area contributed by atoms with Crippen molar-refractivity contribution in [3.05, 3.63) is 40.5 Å². The van der Waals surface area contributed by atoms with Crippen molar-refractivity contribution in [2.75, 3.05) is 6.54 Å². The van der Waals surface area contributed by atoms with E-state index in [4.69, 9.17) is 4.98 Å². The van der Waals surface area contributed by atoms with Gasteiger partial charge in [0.15, 0.2) is 0 Å². The molecule has 1 aromatic heterocycles. The van der Waals surface area contributed by atoms with Crippen LogP contribution in [0.1, 0.15) is 57.7 Å². The maximum atomic E-state index is 4.88. The van der Waals surface area contributed by atoms with E-state index in [0.717, 1.165) is 28.6 Å². The third-order valence-electron chi connectivity index (χ3n) is 3.83. The summed E-state index contributed by atoms with van der Waals surface area (Å²) in [5.41, 5.74) is 2.22. The Balaban J connectivity index is 2.20. The average molecular weight is 349 g/mol. The van der Waals surface area contributed by atoms with Crippen molar-refractivity contribution in [3.8, 4) is 0 Å². The summed E-state index contributed by atoms with van der Waals surface area (Å²) in [5.74, 6) is 0. The highest BCUT2D eigenvalue weighted by atomic mass is 79.9. The first-order chi connectivity index (χ1) is 10.3. The zero-order valence-corrected chi connectivity index (χ0v) is 14.6. The minimum atomic E-state index is 0.339. The molecule has 0 fully saturated rings. The van der Waals surface area contributed by atoms with Gasteiger partial charge in [0.2, 0.25) is 0 Å². The van der Waals surface area contributed by atoms with Crippen LogP contribution in [0.3, 0.4) is 0 Å². The maximum Gasteiger partial charge on any atom is 0.0722 e. The summed E-state index contributed by atoms with van der Waals surface area (Å²) in [7, 11) is 0. The van der Waals surface area contributed by atoms with Gasteiger partial charge in [0.1, 0.15) is 0 Å². The molecule has 2 nitrogen and oxygen atoms in total. The zero-order valence-electron chi connectivity index (χ0n) is 13.0. The van der Waals surface area contributed by atoms with E-state index in [0.29, 0.717) is 6.04 Å². The summed E-state index contributed by atoms with van der Waals surface area (Å²) in [4.78, 5) is 4.88. The van der Waals surface area contributed by atoms with Crippen LogP contribution in [0.25, 0.3) is 10.9 Å². The van der Waals surface area contributed by atoms with E-state index in [2.05, 4.69) is 65.4 Å². The molecule has 0 radical (unpaired) electrons. The first-order valence-electron chi connectivity index (χ1n) is 8.04. The summed E-state index contributed by atoms with van der Waals surface area (Å²) in [6.45, 7) is 5.39. The number of unbranched alkanes of at least 4 members (excludes halogenated alkanes) is 3. The number of halogens is 1. The van der Waals surface area contributed by atoms with Crippen LogP contribution in [0.2, 0.25) is 0 Å². The fraction of sp³-hybridized carbons (Fsp3) is 0.500. The molecule has 0 bridgehead atoms. The molecule has 21 heavy (non-hydrogen) atoms. The highest BCUT2D eigenvalue weighted by Gasteiger charge is 2.15. The Labute approximate surface area is 136 Å². The normalized spacial score (nSPS) is 12.7. The van der Waals surface area contributed by atoms with Gasteiger partial charge in [-0.2, -0.15) is 0 Å². The quantitative estimate of drug-likeness (QED) is 0.626. The SMILES string of the molecule is CCCCCCC(NCC)c1nc2ccccc2cc1Br. The third-order valence-corrected chi connectivity index (χ3v) is 4.47. The van der Waals surface area contributed by atoms with Crippen LogP contribution < -0.4 is 5.32 Å². The number of nitrogens with one attached hydrogen (secondary N) is 1. The lowest BCUT2D eigenvalue weighted by Crippen LogP contribution is -2.22. The number of hydrogen-bond donors (Lipinski definition) is 1. The Bertz CT molecular complexity index is 568. The van der Waals surface area contributed by atoms with Crippen molar-refractivity contribution < 1.29 is 0 Å². The van der Waals surface area contributed by atoms with Gasteiger partial charge < -0.3 is 5.32 Å². The van der Waals surface area contributed by atoms with Crippen molar-refractivity contribution >= 4 is 26.8 Å². The lowest BCUT2D eigenvalue weighted by molar-refractivity contribution is 0.472. The Morgan fingerprint density at radius 2 is 1.95 bits per heavy atom. The molecule has 1 heterocycles. The molecule has 0 aliphatic heterocycles. The molecule has 0 saturated heterocycles. The molecule has 1 N–H and O–H groups in total. The highest BCUT2D eigenvalue weighted by molar-refractivity contribution is 9.10. The summed E-state index contributed by atoms with van der Waals surface area (Å²) >= 11 is 3.71. The minimum absolute atomic E-state index is 0.339. The Morgan fingerprint density at radius 1 is 1.14 bits per heavy atom. The molecular formula is C18H25BrN2. The van der Waals surface area contributed by atoms with Gasteiger partial charge in [-0.3, -0.25) is 0 Å². The maximum absolute atomic E-state index is 4.88. The van der Waals surface area contributed by atoms with Crippen LogP contribution >= 0.6 is 15.9 Å². The molecule has 0 saturated carbocycles. The van der Waals surface area contributed by atoms with E-state index in [1.165, 1.54) is 31.1 Å². The average Bonchev–Trinajstić information content (AvgIpc) is 2.50. The standard InChI is InChI=1S/C18H25BrN2/c1-3-5-6-7-12-17(20-4-2)18-15(19)13-14-10-8-9-11-16(14)21-18/h8-11,13,17,20H,3-7,12H2,1-2H3. The number of rotatable bonds is 8. The second-order valence-corrected chi connectivity index (χ2v) is 6.36. The molecule has 2 aromatic rings. The number of aromatic nitrogens is 1. The summed E-state index contributed by atoms with van der Waals surface area (Å²) in [5, 5.41) is 4.78. The number of fused-ring (bicyclic) bond motifs is 1. The zero-order chi connectivity index (χ0) is 15.1. The van der Waals surface area contributed by atoms with Gasteiger partial charge in [-0.25, -0.2) is 4.98 Å². The van der Waals surface area contributed by atoms with Crippen molar-refractivity contribution in [1.29, 1.82) is 0 Å². The predicted octanol–water partition coefficient (Wildman–Crippen LogP) is 5.62. The predicted molar refractivity (Wildman–Crippen MR) is 94.6 cm³/mol. The van der Waals surface area contributed by atoms with Crippen molar-refractivity contribution in [1.82, 2.24) is 10.3 Å². The van der Waals surface area contributed by atoms with E-state index in [-0.39, 0.29) is 0 Å². The highest BCUT2D eigenvalue weighted by Crippen LogP contribution is 2.28. The molecule has 1 atom stereocenters. The van der Waals surface area contributed by atoms with Gasteiger partial charge in [-0.1, -0.05) is 57.7 Å². The second-order valence-electron chi connectivity index (χ2n) is 5.51. The molecule has 0 aliphatic carbocycles. The molecule has 2 rings (SSSR count). The van der Waals surface area contributed by atoms with Gasteiger partial charge in [0.05, 0.1) is 17.3 Å². The van der Waals surface area contributed by atoms with E-state index in [1.807, 2.05) is 0 Å². The topological polar surface area (TPSA) is 24.9 Å². The smallest absolute Gasteiger partial charge is 0.0722 e. The Morgan fingerprint density at radius 3 is 2.71 bits per heavy atom. The van der Waals surface area contributed by atoms with Crippen molar-refractivity contribution in [3.63, 3.8) is 0 Å². The molecule has 0 amide bonds. The van der Waals surface area contributed by atoms with Crippen LogP contribution in [-0.2, 0) is 0 Å². The van der Waals surface area contributed by atoms with Crippen LogP contribution in [0.4, 0.5) is 0 Å². The second kappa shape index (κ2) is 8.50. The van der Waals surface area contributed by atoms with Crippen LogP contribution in [0.15, 0.2) is 34.8 Å². The molecule has 1 aromatic carbocycles. The summed E-state index contributed by atoms with van der Waals surface area (Å²) < 4.78 is 1.11. The summed E-state index contributed by atoms with van der Waals surface area (Å²) in [6.07, 6.45) is 6.32. The first-order valence-corrected chi connectivity index (χ1v) is 8.84. The van der Waals surface area contributed by atoms with Gasteiger partial charge >= 0.3 is 0 Å². The molecule has 0 spiro atoms. The van der Waals surface area contributed by atoms with Gasteiger partial charge in [0.25, 0.3) is 0 Å². The largest absolute Gasteiger partial charge is 0.309 e. The molecule has 3 heteroatoms. The number of benzene rings is 1. The molecular weight excluding hydrogens is 324 g/mol. The summed E-state index contributed by atoms with van der Waals surface area (Å²) in [6, 6.07) is 10.8. The third kappa shape index (κ3) is 4.52. The monoisotopic (exact) mass is 348 g/mol. The number of hydrogen-bond acceptors (Lipinski definition) is 2. The van der Waals surface area contributed by atoms with Gasteiger partial charge in [0, 0.05) is 9.86 Å². The van der Waals surface area contributed by atoms with E-state index >= 15 is 0 Å². The Hall–Kier alpha value is -0.930. The number of pyridine rings is 1. The van der Waals surface area contributed by atoms with E-state index < -0.39 is 0 Å². The van der Waals surface area contributed by atoms with Crippen LogP contribution in [0, 0.1) is 0 Å². The minimum Gasteiger partial charge on any atom is -0.309 e. The first kappa shape index (κ1) is 16.4. The Kier molecular flexibility index (Phi) is 6.65. The lowest BCUT2D eigenvalue weighted by atomic mass is 10.0. The van der Waals surface area contributed by atoms with Crippen LogP contribution in [-0.4, -0.2) is 11.5 Å². The molecule has 1 unspecified atom stereocenters. The van der Waals surface area contributed by atoms with E-state index in [1.54, 1.807) is 0 Å². The fourth-order valence-corrected chi connectivity index (χ4v) is 3.32. The molecule has 0 aliphatic rings. The van der Waals surface area contributed by atoms with Crippen molar-refractivity contribution in [2.45, 2.75) is 52.0 Å². The lowest BCUT2D eigenvalue weighted by Gasteiger charge is -2.19. The van der Waals surface area contributed by atoms with Gasteiger partial charge in [-0.15, -0.1) is 0 Å². The number of para-hydroxylation sites is 1. The van der Waals surface area contributed by atoms with Crippen molar-refractivity contribution in [2.24, 2.45) is 0 Å². The number of nitrogens with zero attached hydrogens (tertiary/aromatic N) is 1. The van der Waals surface area contributed by atoms with E-state index in [9.17, 15) is 0 Å². The molecule has 114 valence electrons.